The molecule has 1 aliphatic rings. The molecule has 0 saturated heterocycles. The SMILES string of the molecule is CC(C)(NC(=O)C1CCCC(C(F)(F)F)C1)c1ccc(Cl)c(Cl)c1. The van der Waals surface area contributed by atoms with Gasteiger partial charge in [0.2, 0.25) is 5.91 Å². The van der Waals surface area contributed by atoms with Crippen LogP contribution in [0.25, 0.3) is 0 Å². The van der Waals surface area contributed by atoms with Gasteiger partial charge in [0, 0.05) is 5.92 Å². The van der Waals surface area contributed by atoms with E-state index in [0.29, 0.717) is 22.9 Å². The maximum Gasteiger partial charge on any atom is 0.391 e. The Morgan fingerprint density at radius 3 is 2.42 bits per heavy atom. The second-order valence-corrected chi connectivity index (χ2v) is 7.66. The molecule has 1 amide bonds. The Morgan fingerprint density at radius 1 is 1.17 bits per heavy atom. The van der Waals surface area contributed by atoms with Gasteiger partial charge in [0.1, 0.15) is 0 Å². The van der Waals surface area contributed by atoms with Crippen LogP contribution in [-0.2, 0) is 10.3 Å². The van der Waals surface area contributed by atoms with Gasteiger partial charge >= 0.3 is 6.18 Å². The van der Waals surface area contributed by atoms with Crippen molar-refractivity contribution in [2.24, 2.45) is 11.8 Å². The molecular formula is C17H20Cl2F3NO. The van der Waals surface area contributed by atoms with Crippen LogP contribution in [-0.4, -0.2) is 12.1 Å². The van der Waals surface area contributed by atoms with Gasteiger partial charge < -0.3 is 5.32 Å². The van der Waals surface area contributed by atoms with E-state index in [0.717, 1.165) is 5.56 Å². The quantitative estimate of drug-likeness (QED) is 0.713. The van der Waals surface area contributed by atoms with E-state index in [-0.39, 0.29) is 18.7 Å². The summed E-state index contributed by atoms with van der Waals surface area (Å²) in [4.78, 5) is 12.5. The fourth-order valence-electron chi connectivity index (χ4n) is 3.09. The number of carbonyl (C=O) groups excluding carboxylic acids is 1. The minimum atomic E-state index is -4.24. The first kappa shape index (κ1) is 19.4. The maximum atomic E-state index is 12.9. The fraction of sp³-hybridized carbons (Fsp3) is 0.588. The monoisotopic (exact) mass is 381 g/mol. The summed E-state index contributed by atoms with van der Waals surface area (Å²) < 4.78 is 38.7. The average Bonchev–Trinajstić information content (AvgIpc) is 2.48. The lowest BCUT2D eigenvalue weighted by atomic mass is 9.80. The van der Waals surface area contributed by atoms with Crippen molar-refractivity contribution in [3.05, 3.63) is 33.8 Å². The molecule has 0 bridgehead atoms. The molecule has 2 nitrogen and oxygen atoms in total. The van der Waals surface area contributed by atoms with E-state index >= 15 is 0 Å². The summed E-state index contributed by atoms with van der Waals surface area (Å²) in [7, 11) is 0. The molecule has 1 saturated carbocycles. The van der Waals surface area contributed by atoms with Crippen molar-refractivity contribution >= 4 is 29.1 Å². The first-order chi connectivity index (χ1) is 11.0. The number of amides is 1. The molecule has 2 rings (SSSR count). The van der Waals surface area contributed by atoms with Crippen LogP contribution in [0.2, 0.25) is 10.0 Å². The highest BCUT2D eigenvalue weighted by molar-refractivity contribution is 6.42. The normalized spacial score (nSPS) is 22.3. The second kappa shape index (κ2) is 7.12. The fourth-order valence-corrected chi connectivity index (χ4v) is 3.39. The molecule has 0 spiro atoms. The van der Waals surface area contributed by atoms with Crippen molar-refractivity contribution in [3.8, 4) is 0 Å². The minimum Gasteiger partial charge on any atom is -0.347 e. The Bertz CT molecular complexity index is 616. The van der Waals surface area contributed by atoms with Crippen LogP contribution in [0, 0.1) is 11.8 Å². The van der Waals surface area contributed by atoms with Crippen LogP contribution in [0.5, 0.6) is 0 Å². The third kappa shape index (κ3) is 4.57. The van der Waals surface area contributed by atoms with E-state index in [2.05, 4.69) is 5.32 Å². The molecule has 1 aromatic carbocycles. The van der Waals surface area contributed by atoms with Crippen molar-refractivity contribution < 1.29 is 18.0 Å². The van der Waals surface area contributed by atoms with Gasteiger partial charge in [0.05, 0.1) is 21.5 Å². The molecule has 2 unspecified atom stereocenters. The average molecular weight is 382 g/mol. The lowest BCUT2D eigenvalue weighted by Gasteiger charge is -2.33. The molecule has 1 aliphatic carbocycles. The number of nitrogens with one attached hydrogen (secondary N) is 1. The summed E-state index contributed by atoms with van der Waals surface area (Å²) in [6, 6.07) is 5.03. The molecule has 2 atom stereocenters. The summed E-state index contributed by atoms with van der Waals surface area (Å²) in [5.74, 6) is -2.36. The summed E-state index contributed by atoms with van der Waals surface area (Å²) in [6.45, 7) is 3.57. The van der Waals surface area contributed by atoms with Gasteiger partial charge in [-0.15, -0.1) is 0 Å². The number of benzene rings is 1. The molecule has 7 heteroatoms. The van der Waals surface area contributed by atoms with E-state index in [9.17, 15) is 18.0 Å². The predicted octanol–water partition coefficient (Wildman–Crippen LogP) is 5.71. The van der Waals surface area contributed by atoms with E-state index in [1.807, 2.05) is 0 Å². The zero-order valence-corrected chi connectivity index (χ0v) is 15.0. The largest absolute Gasteiger partial charge is 0.391 e. The number of alkyl halides is 3. The lowest BCUT2D eigenvalue weighted by Crippen LogP contribution is -2.45. The summed E-state index contributed by atoms with van der Waals surface area (Å²) >= 11 is 11.9. The Morgan fingerprint density at radius 2 is 1.83 bits per heavy atom. The van der Waals surface area contributed by atoms with Gasteiger partial charge in [0.15, 0.2) is 0 Å². The molecule has 0 heterocycles. The third-order valence-electron chi connectivity index (χ3n) is 4.58. The van der Waals surface area contributed by atoms with Crippen LogP contribution in [0.1, 0.15) is 45.1 Å². The van der Waals surface area contributed by atoms with Crippen LogP contribution in [0.15, 0.2) is 18.2 Å². The Kier molecular flexibility index (Phi) is 5.75. The van der Waals surface area contributed by atoms with E-state index in [4.69, 9.17) is 23.2 Å². The zero-order chi connectivity index (χ0) is 18.1. The highest BCUT2D eigenvalue weighted by Gasteiger charge is 2.44. The van der Waals surface area contributed by atoms with Gasteiger partial charge in [-0.05, 0) is 50.8 Å². The van der Waals surface area contributed by atoms with E-state index < -0.39 is 23.6 Å². The number of rotatable bonds is 3. The van der Waals surface area contributed by atoms with Crippen molar-refractivity contribution in [1.29, 1.82) is 0 Å². The maximum absolute atomic E-state index is 12.9. The minimum absolute atomic E-state index is 0.101. The molecule has 0 radical (unpaired) electrons. The standard InChI is InChI=1S/C17H20Cl2F3NO/c1-16(2,11-6-7-13(18)14(19)9-11)23-15(24)10-4-3-5-12(8-10)17(20,21)22/h6-7,9-10,12H,3-5,8H2,1-2H3,(H,23,24). The number of hydrogen-bond donors (Lipinski definition) is 1. The van der Waals surface area contributed by atoms with Gasteiger partial charge in [-0.25, -0.2) is 0 Å². The Labute approximate surface area is 149 Å². The topological polar surface area (TPSA) is 29.1 Å². The number of halogens is 5. The third-order valence-corrected chi connectivity index (χ3v) is 5.32. The molecule has 134 valence electrons. The number of carbonyl (C=O) groups is 1. The van der Waals surface area contributed by atoms with Gasteiger partial charge in [-0.3, -0.25) is 4.79 Å². The van der Waals surface area contributed by atoms with E-state index in [1.165, 1.54) is 0 Å². The smallest absolute Gasteiger partial charge is 0.347 e. The van der Waals surface area contributed by atoms with Crippen molar-refractivity contribution in [2.45, 2.75) is 51.2 Å². The summed E-state index contributed by atoms with van der Waals surface area (Å²) in [5.41, 5.74) is -0.00957. The Balaban J connectivity index is 2.08. The molecular weight excluding hydrogens is 362 g/mol. The first-order valence-electron chi connectivity index (χ1n) is 7.85. The van der Waals surface area contributed by atoms with Crippen LogP contribution >= 0.6 is 23.2 Å². The van der Waals surface area contributed by atoms with Crippen LogP contribution < -0.4 is 5.32 Å². The molecule has 1 fully saturated rings. The zero-order valence-electron chi connectivity index (χ0n) is 13.5. The van der Waals surface area contributed by atoms with Crippen LogP contribution in [0.3, 0.4) is 0 Å². The molecule has 1 aromatic rings. The van der Waals surface area contributed by atoms with Gasteiger partial charge in [-0.2, -0.15) is 13.2 Å². The van der Waals surface area contributed by atoms with Gasteiger partial charge in [0.25, 0.3) is 0 Å². The van der Waals surface area contributed by atoms with Crippen molar-refractivity contribution in [1.82, 2.24) is 5.32 Å². The summed E-state index contributed by atoms with van der Waals surface area (Å²) in [5, 5.41) is 3.63. The predicted molar refractivity (Wildman–Crippen MR) is 89.1 cm³/mol. The van der Waals surface area contributed by atoms with Gasteiger partial charge in [-0.1, -0.05) is 35.7 Å². The first-order valence-corrected chi connectivity index (χ1v) is 8.60. The highest BCUT2D eigenvalue weighted by atomic mass is 35.5. The molecule has 0 aromatic heterocycles. The molecule has 0 aliphatic heterocycles. The van der Waals surface area contributed by atoms with Crippen molar-refractivity contribution in [2.75, 3.05) is 0 Å². The molecule has 24 heavy (non-hydrogen) atoms. The lowest BCUT2D eigenvalue weighted by molar-refractivity contribution is -0.186. The molecule has 1 N–H and O–H groups in total. The number of hydrogen-bond acceptors (Lipinski definition) is 1. The second-order valence-electron chi connectivity index (χ2n) is 6.85. The van der Waals surface area contributed by atoms with E-state index in [1.54, 1.807) is 32.0 Å². The highest BCUT2D eigenvalue weighted by Crippen LogP contribution is 2.40. The van der Waals surface area contributed by atoms with Crippen LogP contribution in [0.4, 0.5) is 13.2 Å². The van der Waals surface area contributed by atoms with Crippen molar-refractivity contribution in [3.63, 3.8) is 0 Å². The summed E-state index contributed by atoms with van der Waals surface area (Å²) in [6.07, 6.45) is -3.39. The Hall–Kier alpha value is -0.940.